The monoisotopic (exact) mass is 405 g/mol. The van der Waals surface area contributed by atoms with Gasteiger partial charge in [-0.3, -0.25) is 15.6 Å². The summed E-state index contributed by atoms with van der Waals surface area (Å²) < 4.78 is 11.2. The van der Waals surface area contributed by atoms with Crippen molar-refractivity contribution in [2.45, 2.75) is 64.4 Å². The lowest BCUT2D eigenvalue weighted by Gasteiger charge is -2.37. The Bertz CT molecular complexity index is 731. The van der Waals surface area contributed by atoms with Gasteiger partial charge in [0.15, 0.2) is 8.32 Å². The van der Waals surface area contributed by atoms with E-state index in [9.17, 15) is 9.59 Å². The number of rotatable bonds is 5. The molecule has 0 aromatic heterocycles. The fourth-order valence-electron chi connectivity index (χ4n) is 2.81. The predicted octanol–water partition coefficient (Wildman–Crippen LogP) is 3.40. The van der Waals surface area contributed by atoms with Gasteiger partial charge in [-0.15, -0.1) is 0 Å². The van der Waals surface area contributed by atoms with Gasteiger partial charge in [-0.05, 0) is 30.6 Å². The molecule has 8 heteroatoms. The van der Waals surface area contributed by atoms with Gasteiger partial charge < -0.3 is 9.16 Å². The van der Waals surface area contributed by atoms with Crippen LogP contribution in [0.25, 0.3) is 0 Å². The zero-order chi connectivity index (χ0) is 21.1. The smallest absolute Gasteiger partial charge is 0.375 e. The zero-order valence-corrected chi connectivity index (χ0v) is 18.5. The van der Waals surface area contributed by atoms with Crippen LogP contribution in [0.15, 0.2) is 30.3 Å². The van der Waals surface area contributed by atoms with E-state index in [0.717, 1.165) is 5.56 Å². The third-order valence-electron chi connectivity index (χ3n) is 5.40. The van der Waals surface area contributed by atoms with E-state index in [1.165, 1.54) is 5.01 Å². The molecule has 7 nitrogen and oxygen atoms in total. The molecule has 1 aromatic carbocycles. The van der Waals surface area contributed by atoms with E-state index in [1.807, 2.05) is 30.3 Å². The Morgan fingerprint density at radius 2 is 1.89 bits per heavy atom. The maximum absolute atomic E-state index is 13.1. The number of amides is 1. The first-order valence-corrected chi connectivity index (χ1v) is 12.5. The second kappa shape index (κ2) is 8.44. The minimum Gasteiger partial charge on any atom is -0.460 e. The molecule has 2 N–H and O–H groups in total. The van der Waals surface area contributed by atoms with Gasteiger partial charge in [0, 0.05) is 6.42 Å². The third kappa shape index (κ3) is 4.80. The molecule has 1 amide bonds. The van der Waals surface area contributed by atoms with Crippen LogP contribution in [0.2, 0.25) is 18.1 Å². The Labute approximate surface area is 168 Å². The molecule has 2 atom stereocenters. The van der Waals surface area contributed by atoms with Crippen LogP contribution >= 0.6 is 0 Å². The van der Waals surface area contributed by atoms with Crippen molar-refractivity contribution in [1.82, 2.24) is 10.4 Å². The Balaban J connectivity index is 2.28. The van der Waals surface area contributed by atoms with E-state index in [0.29, 0.717) is 6.42 Å². The molecule has 0 saturated carbocycles. The van der Waals surface area contributed by atoms with Gasteiger partial charge in [0.25, 0.3) is 5.91 Å². The van der Waals surface area contributed by atoms with Crippen molar-refractivity contribution in [2.75, 3.05) is 6.61 Å². The molecule has 1 unspecified atom stereocenters. The molecule has 1 heterocycles. The molecule has 2 rings (SSSR count). The summed E-state index contributed by atoms with van der Waals surface area (Å²) in [6.45, 7) is 12.4. The van der Waals surface area contributed by atoms with Crippen LogP contribution in [-0.2, 0) is 18.8 Å². The van der Waals surface area contributed by atoms with Gasteiger partial charge in [0.05, 0.1) is 12.6 Å². The Morgan fingerprint density at radius 3 is 2.43 bits per heavy atom. The van der Waals surface area contributed by atoms with Crippen LogP contribution in [0, 0.1) is 5.41 Å². The number of carbonyl (C=O) groups is 2. The van der Waals surface area contributed by atoms with Gasteiger partial charge in [-0.2, -0.15) is 0 Å². The molecular formula is C20H31N3O4Si. The second-order valence-electron chi connectivity index (χ2n) is 8.44. The van der Waals surface area contributed by atoms with Gasteiger partial charge in [0.2, 0.25) is 5.84 Å². The van der Waals surface area contributed by atoms with Crippen LogP contribution in [0.5, 0.6) is 0 Å². The summed E-state index contributed by atoms with van der Waals surface area (Å²) in [6, 6.07) is 9.22. The van der Waals surface area contributed by atoms with E-state index in [4.69, 9.17) is 14.6 Å². The molecule has 1 aliphatic rings. The number of ether oxygens (including phenoxy) is 1. The highest BCUT2D eigenvalue weighted by atomic mass is 28.4. The van der Waals surface area contributed by atoms with Crippen LogP contribution < -0.4 is 5.43 Å². The Morgan fingerprint density at radius 1 is 1.29 bits per heavy atom. The van der Waals surface area contributed by atoms with Crippen molar-refractivity contribution in [3.05, 3.63) is 35.9 Å². The summed E-state index contributed by atoms with van der Waals surface area (Å²) in [5.74, 6) is -1.53. The zero-order valence-electron chi connectivity index (χ0n) is 17.5. The average molecular weight is 406 g/mol. The third-order valence-corrected chi connectivity index (χ3v) is 9.89. The number of hydrazine groups is 1. The van der Waals surface area contributed by atoms with Crippen LogP contribution in [0.4, 0.5) is 0 Å². The number of hydrogen-bond acceptors (Lipinski definition) is 5. The largest absolute Gasteiger partial charge is 0.460 e. The summed E-state index contributed by atoms with van der Waals surface area (Å²) in [4.78, 5) is 25.0. The number of carbonyl (C=O) groups excluding carboxylic acids is 2. The molecule has 1 saturated heterocycles. The lowest BCUT2D eigenvalue weighted by Crippen LogP contribution is -2.50. The number of nitrogens with one attached hydrogen (secondary N) is 2. The Kier molecular flexibility index (Phi) is 6.66. The number of nitrogens with zero attached hydrogens (tertiary/aromatic N) is 1. The van der Waals surface area contributed by atoms with Crippen molar-refractivity contribution in [2.24, 2.45) is 0 Å². The molecule has 0 spiro atoms. The number of amidine groups is 1. The van der Waals surface area contributed by atoms with Crippen molar-refractivity contribution in [3.8, 4) is 0 Å². The van der Waals surface area contributed by atoms with Crippen molar-refractivity contribution < 1.29 is 18.8 Å². The van der Waals surface area contributed by atoms with E-state index in [-0.39, 0.29) is 23.6 Å². The maximum atomic E-state index is 13.1. The normalized spacial score (nSPS) is 20.2. The van der Waals surface area contributed by atoms with Crippen LogP contribution in [0.1, 0.15) is 45.7 Å². The molecule has 154 valence electrons. The first kappa shape index (κ1) is 22.1. The quantitative estimate of drug-likeness (QED) is 0.339. The highest BCUT2D eigenvalue weighted by Gasteiger charge is 2.47. The standard InChI is InChI=1S/C20H31N3O4Si/c1-7-26-19(25)17(21)22-23-15(14-11-9-8-10-12-14)13-16(18(23)24)27-28(5,6)20(2,3)4/h8-12,15-16H,7,13H2,1-6H3,(H2,21,22)/t15?,16-/m1/s1. The van der Waals surface area contributed by atoms with Gasteiger partial charge in [-0.1, -0.05) is 51.1 Å². The van der Waals surface area contributed by atoms with Gasteiger partial charge in [0.1, 0.15) is 6.10 Å². The number of benzene rings is 1. The van der Waals surface area contributed by atoms with Gasteiger partial charge in [-0.25, -0.2) is 9.80 Å². The highest BCUT2D eigenvalue weighted by molar-refractivity contribution is 6.74. The van der Waals surface area contributed by atoms with Crippen LogP contribution in [0.3, 0.4) is 0 Å². The molecule has 1 aliphatic heterocycles. The minimum atomic E-state index is -2.17. The second-order valence-corrected chi connectivity index (χ2v) is 13.2. The molecule has 1 aromatic rings. The summed E-state index contributed by atoms with van der Waals surface area (Å²) in [6.07, 6.45) is -0.160. The van der Waals surface area contributed by atoms with Gasteiger partial charge >= 0.3 is 5.97 Å². The van der Waals surface area contributed by atoms with E-state index >= 15 is 0 Å². The molecule has 0 bridgehead atoms. The topological polar surface area (TPSA) is 91.7 Å². The lowest BCUT2D eigenvalue weighted by atomic mass is 10.0. The first-order chi connectivity index (χ1) is 13.0. The lowest BCUT2D eigenvalue weighted by molar-refractivity contribution is -0.138. The highest BCUT2D eigenvalue weighted by Crippen LogP contribution is 2.41. The Hall–Kier alpha value is -2.19. The van der Waals surface area contributed by atoms with Crippen LogP contribution in [-0.4, -0.2) is 43.7 Å². The molecular weight excluding hydrogens is 374 g/mol. The SMILES string of the molecule is CCOC(=O)C(=N)NN1C(=O)[C@H](O[Si](C)(C)C(C)(C)C)CC1c1ccccc1. The number of esters is 1. The fourth-order valence-corrected chi connectivity index (χ4v) is 4.07. The molecule has 0 radical (unpaired) electrons. The van der Waals surface area contributed by atoms with E-state index < -0.39 is 26.2 Å². The van der Waals surface area contributed by atoms with Crippen molar-refractivity contribution in [1.29, 1.82) is 5.41 Å². The van der Waals surface area contributed by atoms with E-state index in [1.54, 1.807) is 6.92 Å². The maximum Gasteiger partial charge on any atom is 0.375 e. The number of hydrogen-bond donors (Lipinski definition) is 2. The first-order valence-electron chi connectivity index (χ1n) is 9.56. The summed E-state index contributed by atoms with van der Waals surface area (Å²) in [7, 11) is -2.17. The predicted molar refractivity (Wildman–Crippen MR) is 110 cm³/mol. The molecule has 28 heavy (non-hydrogen) atoms. The fraction of sp³-hybridized carbons (Fsp3) is 0.550. The van der Waals surface area contributed by atoms with Crippen molar-refractivity contribution >= 4 is 26.0 Å². The summed E-state index contributed by atoms with van der Waals surface area (Å²) in [5, 5.41) is 9.24. The minimum absolute atomic E-state index is 0.0337. The molecule has 0 aliphatic carbocycles. The average Bonchev–Trinajstić information content (AvgIpc) is 2.90. The van der Waals surface area contributed by atoms with E-state index in [2.05, 4.69) is 39.3 Å². The molecule has 1 fully saturated rings. The van der Waals surface area contributed by atoms with Crippen molar-refractivity contribution in [3.63, 3.8) is 0 Å². The summed E-state index contributed by atoms with van der Waals surface area (Å²) in [5.41, 5.74) is 3.56. The summed E-state index contributed by atoms with van der Waals surface area (Å²) >= 11 is 0.